The molecule has 0 amide bonds. The molecule has 0 bridgehead atoms. The summed E-state index contributed by atoms with van der Waals surface area (Å²) in [7, 11) is 1.85. The number of hydrogen-bond acceptors (Lipinski definition) is 2. The van der Waals surface area contributed by atoms with Gasteiger partial charge in [-0.1, -0.05) is 12.1 Å². The van der Waals surface area contributed by atoms with Crippen LogP contribution >= 0.6 is 0 Å². The zero-order chi connectivity index (χ0) is 12.4. The number of benzene rings is 1. The number of nitrogens with zero attached hydrogens (tertiary/aromatic N) is 2. The Kier molecular flexibility index (Phi) is 3.24. The third kappa shape index (κ3) is 2.71. The Morgan fingerprint density at radius 1 is 1.41 bits per heavy atom. The van der Waals surface area contributed by atoms with Gasteiger partial charge < -0.3 is 5.73 Å². The maximum atomic E-state index is 13.2. The monoisotopic (exact) mass is 233 g/mol. The lowest BCUT2D eigenvalue weighted by atomic mass is 10.1. The molecule has 0 aliphatic heterocycles. The summed E-state index contributed by atoms with van der Waals surface area (Å²) in [6.07, 6.45) is 0.725. The van der Waals surface area contributed by atoms with Crippen molar-refractivity contribution in [1.29, 1.82) is 0 Å². The quantitative estimate of drug-likeness (QED) is 0.882. The van der Waals surface area contributed by atoms with Crippen molar-refractivity contribution >= 4 is 0 Å². The van der Waals surface area contributed by atoms with E-state index in [0.717, 1.165) is 23.4 Å². The fraction of sp³-hybridized carbons (Fsp3) is 0.308. The van der Waals surface area contributed by atoms with Crippen LogP contribution in [0.25, 0.3) is 11.3 Å². The molecule has 0 fully saturated rings. The predicted octanol–water partition coefficient (Wildman–Crippen LogP) is 2.12. The van der Waals surface area contributed by atoms with Crippen molar-refractivity contribution < 1.29 is 4.39 Å². The first-order valence-electron chi connectivity index (χ1n) is 5.60. The van der Waals surface area contributed by atoms with Crippen molar-refractivity contribution in [2.24, 2.45) is 12.8 Å². The van der Waals surface area contributed by atoms with Crippen molar-refractivity contribution in [3.8, 4) is 11.3 Å². The third-order valence-corrected chi connectivity index (χ3v) is 2.58. The van der Waals surface area contributed by atoms with Gasteiger partial charge in [0, 0.05) is 25.1 Å². The molecular weight excluding hydrogens is 217 g/mol. The van der Waals surface area contributed by atoms with Gasteiger partial charge in [-0.25, -0.2) is 4.39 Å². The van der Waals surface area contributed by atoms with E-state index in [9.17, 15) is 4.39 Å². The van der Waals surface area contributed by atoms with Gasteiger partial charge in [0.1, 0.15) is 5.82 Å². The summed E-state index contributed by atoms with van der Waals surface area (Å²) in [5.41, 5.74) is 8.40. The van der Waals surface area contributed by atoms with Gasteiger partial charge in [-0.2, -0.15) is 5.10 Å². The smallest absolute Gasteiger partial charge is 0.123 e. The number of aryl methyl sites for hydroxylation is 1. The second-order valence-corrected chi connectivity index (χ2v) is 4.34. The van der Waals surface area contributed by atoms with Crippen LogP contribution in [0.5, 0.6) is 0 Å². The molecule has 0 spiro atoms. The highest BCUT2D eigenvalue weighted by Crippen LogP contribution is 2.21. The van der Waals surface area contributed by atoms with E-state index in [0.29, 0.717) is 0 Å². The van der Waals surface area contributed by atoms with Crippen molar-refractivity contribution in [3.05, 3.63) is 41.8 Å². The first-order chi connectivity index (χ1) is 8.06. The highest BCUT2D eigenvalue weighted by Gasteiger charge is 2.09. The molecular formula is C13H16FN3. The van der Waals surface area contributed by atoms with Crippen LogP contribution in [0, 0.1) is 5.82 Å². The van der Waals surface area contributed by atoms with E-state index in [1.165, 1.54) is 12.1 Å². The van der Waals surface area contributed by atoms with E-state index in [1.54, 1.807) is 10.7 Å². The second kappa shape index (κ2) is 4.67. The lowest BCUT2D eigenvalue weighted by Crippen LogP contribution is -2.18. The molecule has 0 aliphatic rings. The normalized spacial score (nSPS) is 12.7. The Bertz CT molecular complexity index is 517. The fourth-order valence-corrected chi connectivity index (χ4v) is 1.87. The van der Waals surface area contributed by atoms with E-state index in [4.69, 9.17) is 5.73 Å². The van der Waals surface area contributed by atoms with E-state index in [1.807, 2.05) is 26.1 Å². The minimum absolute atomic E-state index is 0.0743. The summed E-state index contributed by atoms with van der Waals surface area (Å²) in [4.78, 5) is 0. The molecule has 1 aromatic carbocycles. The van der Waals surface area contributed by atoms with Crippen molar-refractivity contribution in [2.45, 2.75) is 19.4 Å². The van der Waals surface area contributed by atoms with Crippen LogP contribution in [0.1, 0.15) is 12.6 Å². The van der Waals surface area contributed by atoms with Gasteiger partial charge in [0.25, 0.3) is 0 Å². The largest absolute Gasteiger partial charge is 0.328 e. The van der Waals surface area contributed by atoms with Crippen LogP contribution in [-0.4, -0.2) is 15.8 Å². The average Bonchev–Trinajstić information content (AvgIpc) is 2.58. The minimum Gasteiger partial charge on any atom is -0.328 e. The highest BCUT2D eigenvalue weighted by atomic mass is 19.1. The summed E-state index contributed by atoms with van der Waals surface area (Å²) >= 11 is 0. The molecule has 0 aliphatic carbocycles. The van der Waals surface area contributed by atoms with Gasteiger partial charge in [-0.05, 0) is 25.1 Å². The molecule has 1 atom stereocenters. The van der Waals surface area contributed by atoms with Crippen molar-refractivity contribution in [1.82, 2.24) is 9.78 Å². The van der Waals surface area contributed by atoms with Gasteiger partial charge in [0.05, 0.1) is 11.4 Å². The third-order valence-electron chi connectivity index (χ3n) is 2.58. The molecule has 1 aromatic heterocycles. The fourth-order valence-electron chi connectivity index (χ4n) is 1.87. The number of nitrogens with two attached hydrogens (primary N) is 1. The second-order valence-electron chi connectivity index (χ2n) is 4.34. The molecule has 2 rings (SSSR count). The van der Waals surface area contributed by atoms with Crippen LogP contribution in [0.15, 0.2) is 30.3 Å². The van der Waals surface area contributed by atoms with Crippen LogP contribution < -0.4 is 5.73 Å². The molecule has 1 unspecified atom stereocenters. The Morgan fingerprint density at radius 3 is 2.82 bits per heavy atom. The lowest BCUT2D eigenvalue weighted by Gasteiger charge is -2.00. The lowest BCUT2D eigenvalue weighted by molar-refractivity contribution is 0.628. The molecule has 3 nitrogen and oxygen atoms in total. The molecule has 2 aromatic rings. The first kappa shape index (κ1) is 11.8. The Morgan fingerprint density at radius 2 is 2.18 bits per heavy atom. The maximum absolute atomic E-state index is 13.2. The molecule has 2 N–H and O–H groups in total. The summed E-state index contributed by atoms with van der Waals surface area (Å²) < 4.78 is 14.9. The molecule has 4 heteroatoms. The van der Waals surface area contributed by atoms with Gasteiger partial charge in [0.2, 0.25) is 0 Å². The van der Waals surface area contributed by atoms with Gasteiger partial charge in [-0.15, -0.1) is 0 Å². The van der Waals surface area contributed by atoms with Crippen LogP contribution in [0.2, 0.25) is 0 Å². The van der Waals surface area contributed by atoms with Crippen molar-refractivity contribution in [2.75, 3.05) is 0 Å². The number of aromatic nitrogens is 2. The summed E-state index contributed by atoms with van der Waals surface area (Å²) in [6, 6.07) is 8.54. The molecule has 17 heavy (non-hydrogen) atoms. The first-order valence-corrected chi connectivity index (χ1v) is 5.60. The zero-order valence-electron chi connectivity index (χ0n) is 10.0. The summed E-state index contributed by atoms with van der Waals surface area (Å²) in [5, 5.41) is 4.37. The van der Waals surface area contributed by atoms with Gasteiger partial charge in [-0.3, -0.25) is 4.68 Å². The molecule has 90 valence electrons. The van der Waals surface area contributed by atoms with Crippen LogP contribution in [-0.2, 0) is 13.5 Å². The Balaban J connectivity index is 2.36. The van der Waals surface area contributed by atoms with Gasteiger partial charge >= 0.3 is 0 Å². The maximum Gasteiger partial charge on any atom is 0.123 e. The van der Waals surface area contributed by atoms with E-state index in [-0.39, 0.29) is 11.9 Å². The van der Waals surface area contributed by atoms with Gasteiger partial charge in [0.15, 0.2) is 0 Å². The number of rotatable bonds is 3. The molecule has 1 heterocycles. The molecule has 0 saturated carbocycles. The van der Waals surface area contributed by atoms with Crippen LogP contribution in [0.4, 0.5) is 4.39 Å². The zero-order valence-corrected chi connectivity index (χ0v) is 10.0. The van der Waals surface area contributed by atoms with E-state index in [2.05, 4.69) is 5.10 Å². The predicted molar refractivity (Wildman–Crippen MR) is 66.0 cm³/mol. The summed E-state index contributed by atoms with van der Waals surface area (Å²) in [6.45, 7) is 1.94. The van der Waals surface area contributed by atoms with Crippen LogP contribution in [0.3, 0.4) is 0 Å². The SMILES string of the molecule is CC(N)Cc1cc(-c2cccc(F)c2)n(C)n1. The van der Waals surface area contributed by atoms with Crippen molar-refractivity contribution in [3.63, 3.8) is 0 Å². The van der Waals surface area contributed by atoms with E-state index < -0.39 is 0 Å². The Hall–Kier alpha value is -1.68. The number of hydrogen-bond donors (Lipinski definition) is 1. The Labute approximate surface area is 100 Å². The van der Waals surface area contributed by atoms with E-state index >= 15 is 0 Å². The molecule has 0 radical (unpaired) electrons. The highest BCUT2D eigenvalue weighted by molar-refractivity contribution is 5.59. The average molecular weight is 233 g/mol. The molecule has 0 saturated heterocycles. The number of halogens is 1. The minimum atomic E-state index is -0.238. The standard InChI is InChI=1S/C13H16FN3/c1-9(15)6-12-8-13(17(2)16-12)10-4-3-5-11(14)7-10/h3-5,7-9H,6,15H2,1-2H3. The topological polar surface area (TPSA) is 43.8 Å². The summed E-state index contributed by atoms with van der Waals surface area (Å²) in [5.74, 6) is -0.238.